The molecule has 1 aromatic rings. The molecule has 0 saturated carbocycles. The maximum Gasteiger partial charge on any atom is 0.313 e. The van der Waals surface area contributed by atoms with E-state index >= 15 is 0 Å². The zero-order valence-corrected chi connectivity index (χ0v) is 14.0. The van der Waals surface area contributed by atoms with Crippen molar-refractivity contribution in [3.8, 4) is 0 Å². The number of hydrogen-bond acceptors (Lipinski definition) is 3. The molecule has 1 aromatic carbocycles. The maximum atomic E-state index is 11.9. The Bertz CT molecular complexity index is 533. The smallest absolute Gasteiger partial charge is 0.313 e. The average Bonchev–Trinajstić information content (AvgIpc) is 2.42. The molecule has 2 atom stereocenters. The third kappa shape index (κ3) is 5.15. The Morgan fingerprint density at radius 2 is 1.73 bits per heavy atom. The van der Waals surface area contributed by atoms with E-state index < -0.39 is 17.4 Å². The predicted molar refractivity (Wildman–Crippen MR) is 87.6 cm³/mol. The Morgan fingerprint density at radius 1 is 1.18 bits per heavy atom. The number of hydrogen-bond donors (Lipinski definition) is 3. The number of benzene rings is 1. The lowest BCUT2D eigenvalue weighted by Gasteiger charge is -2.29. The summed E-state index contributed by atoms with van der Waals surface area (Å²) in [7, 11) is 0. The second-order valence-corrected chi connectivity index (χ2v) is 6.18. The van der Waals surface area contributed by atoms with Crippen molar-refractivity contribution in [2.75, 3.05) is 11.9 Å². The van der Waals surface area contributed by atoms with Crippen molar-refractivity contribution in [1.82, 2.24) is 5.32 Å². The lowest BCUT2D eigenvalue weighted by Crippen LogP contribution is -2.47. The van der Waals surface area contributed by atoms with E-state index in [-0.39, 0.29) is 12.5 Å². The minimum atomic E-state index is -1.04. The first-order valence-corrected chi connectivity index (χ1v) is 7.55. The summed E-state index contributed by atoms with van der Waals surface area (Å²) < 4.78 is 0. The van der Waals surface area contributed by atoms with Crippen LogP contribution in [0, 0.1) is 19.8 Å². The van der Waals surface area contributed by atoms with Gasteiger partial charge in [0.2, 0.25) is 0 Å². The number of aryl methyl sites for hydroxylation is 2. The molecule has 0 aliphatic heterocycles. The second kappa shape index (κ2) is 7.40. The Kier molecular flexibility index (Phi) is 6.11. The molecule has 0 heterocycles. The van der Waals surface area contributed by atoms with E-state index in [0.29, 0.717) is 5.69 Å². The van der Waals surface area contributed by atoms with Gasteiger partial charge >= 0.3 is 11.8 Å². The summed E-state index contributed by atoms with van der Waals surface area (Å²) >= 11 is 0. The van der Waals surface area contributed by atoms with Gasteiger partial charge in [-0.05, 0) is 49.9 Å². The molecule has 122 valence electrons. The minimum absolute atomic E-state index is 0.0234. The quantitative estimate of drug-likeness (QED) is 0.729. The molecule has 2 amide bonds. The van der Waals surface area contributed by atoms with Gasteiger partial charge in [0, 0.05) is 12.2 Å². The second-order valence-electron chi connectivity index (χ2n) is 6.18. The van der Waals surface area contributed by atoms with Crippen LogP contribution in [-0.4, -0.2) is 29.1 Å². The van der Waals surface area contributed by atoms with Crippen LogP contribution in [-0.2, 0) is 9.59 Å². The Balaban J connectivity index is 2.61. The summed E-state index contributed by atoms with van der Waals surface area (Å²) in [6.45, 7) is 9.41. The molecule has 0 unspecified atom stereocenters. The molecular formula is C17H26N2O3. The summed E-state index contributed by atoms with van der Waals surface area (Å²) in [4.78, 5) is 23.7. The first kappa shape index (κ1) is 18.2. The predicted octanol–water partition coefficient (Wildman–Crippen LogP) is 2.16. The number of carbonyl (C=O) groups is 2. The van der Waals surface area contributed by atoms with Crippen molar-refractivity contribution in [2.24, 2.45) is 5.92 Å². The highest BCUT2D eigenvalue weighted by atomic mass is 16.3. The molecule has 22 heavy (non-hydrogen) atoms. The molecule has 1 rings (SSSR count). The largest absolute Gasteiger partial charge is 0.388 e. The summed E-state index contributed by atoms with van der Waals surface area (Å²) in [6, 6.07) is 5.58. The molecule has 0 bridgehead atoms. The highest BCUT2D eigenvalue weighted by molar-refractivity contribution is 6.39. The van der Waals surface area contributed by atoms with Gasteiger partial charge in [-0.25, -0.2) is 0 Å². The van der Waals surface area contributed by atoms with Gasteiger partial charge in [0.15, 0.2) is 0 Å². The standard InChI is InChI=1S/C17H26N2O3/c1-6-13(4)17(5,22)10-18-15(20)16(21)19-14-8-11(2)7-12(3)9-14/h7-9,13,22H,6,10H2,1-5H3,(H,18,20)(H,19,21)/t13-,17+/m1/s1. The monoisotopic (exact) mass is 306 g/mol. The highest BCUT2D eigenvalue weighted by Crippen LogP contribution is 2.18. The first-order valence-electron chi connectivity index (χ1n) is 7.55. The fourth-order valence-corrected chi connectivity index (χ4v) is 2.19. The van der Waals surface area contributed by atoms with Crippen molar-refractivity contribution in [2.45, 2.75) is 46.6 Å². The van der Waals surface area contributed by atoms with Crippen molar-refractivity contribution >= 4 is 17.5 Å². The maximum absolute atomic E-state index is 11.9. The van der Waals surface area contributed by atoms with E-state index in [1.807, 2.05) is 33.8 Å². The molecule has 0 aliphatic rings. The molecule has 0 fully saturated rings. The van der Waals surface area contributed by atoms with E-state index in [1.54, 1.807) is 19.1 Å². The van der Waals surface area contributed by atoms with Gasteiger partial charge in [-0.2, -0.15) is 0 Å². The number of amides is 2. The third-order valence-corrected chi connectivity index (χ3v) is 3.97. The minimum Gasteiger partial charge on any atom is -0.388 e. The lowest BCUT2D eigenvalue weighted by atomic mass is 9.89. The number of nitrogens with one attached hydrogen (secondary N) is 2. The number of aliphatic hydroxyl groups is 1. The van der Waals surface area contributed by atoms with E-state index in [0.717, 1.165) is 17.5 Å². The average molecular weight is 306 g/mol. The van der Waals surface area contributed by atoms with Gasteiger partial charge in [0.25, 0.3) is 0 Å². The Labute approximate surface area is 132 Å². The number of anilines is 1. The normalized spacial score (nSPS) is 14.8. The molecule has 0 aliphatic carbocycles. The lowest BCUT2D eigenvalue weighted by molar-refractivity contribution is -0.137. The zero-order valence-electron chi connectivity index (χ0n) is 14.0. The summed E-state index contributed by atoms with van der Waals surface area (Å²) in [5, 5.41) is 15.3. The van der Waals surface area contributed by atoms with Gasteiger partial charge in [-0.1, -0.05) is 26.3 Å². The zero-order chi connectivity index (χ0) is 16.9. The van der Waals surface area contributed by atoms with Crippen LogP contribution >= 0.6 is 0 Å². The van der Waals surface area contributed by atoms with Gasteiger partial charge < -0.3 is 15.7 Å². The van der Waals surface area contributed by atoms with E-state index in [2.05, 4.69) is 10.6 Å². The number of rotatable bonds is 5. The van der Waals surface area contributed by atoms with Crippen LogP contribution in [0.1, 0.15) is 38.3 Å². The van der Waals surface area contributed by atoms with Crippen molar-refractivity contribution in [1.29, 1.82) is 0 Å². The third-order valence-electron chi connectivity index (χ3n) is 3.97. The summed E-state index contributed by atoms with van der Waals surface area (Å²) in [5.41, 5.74) is 1.57. The van der Waals surface area contributed by atoms with Gasteiger partial charge in [-0.3, -0.25) is 9.59 Å². The molecule has 3 N–H and O–H groups in total. The Morgan fingerprint density at radius 3 is 2.23 bits per heavy atom. The van der Waals surface area contributed by atoms with Crippen LogP contribution in [0.15, 0.2) is 18.2 Å². The summed E-state index contributed by atoms with van der Waals surface area (Å²) in [5.74, 6) is -1.46. The van der Waals surface area contributed by atoms with Crippen LogP contribution in [0.2, 0.25) is 0 Å². The van der Waals surface area contributed by atoms with Gasteiger partial charge in [0.05, 0.1) is 5.60 Å². The van der Waals surface area contributed by atoms with Crippen LogP contribution in [0.5, 0.6) is 0 Å². The van der Waals surface area contributed by atoms with E-state index in [9.17, 15) is 14.7 Å². The van der Waals surface area contributed by atoms with Gasteiger partial charge in [-0.15, -0.1) is 0 Å². The van der Waals surface area contributed by atoms with Crippen molar-refractivity contribution < 1.29 is 14.7 Å². The Hall–Kier alpha value is -1.88. The van der Waals surface area contributed by atoms with Crippen molar-refractivity contribution in [3.63, 3.8) is 0 Å². The van der Waals surface area contributed by atoms with Crippen LogP contribution in [0.25, 0.3) is 0 Å². The topological polar surface area (TPSA) is 78.4 Å². The number of carbonyl (C=O) groups excluding carboxylic acids is 2. The first-order chi connectivity index (χ1) is 10.2. The molecule has 0 spiro atoms. The molecular weight excluding hydrogens is 280 g/mol. The van der Waals surface area contributed by atoms with Crippen molar-refractivity contribution in [3.05, 3.63) is 29.3 Å². The van der Waals surface area contributed by atoms with E-state index in [4.69, 9.17) is 0 Å². The fourth-order valence-electron chi connectivity index (χ4n) is 2.19. The molecule has 5 nitrogen and oxygen atoms in total. The summed E-state index contributed by atoms with van der Waals surface area (Å²) in [6.07, 6.45) is 0.789. The van der Waals surface area contributed by atoms with Crippen LogP contribution in [0.4, 0.5) is 5.69 Å². The van der Waals surface area contributed by atoms with Gasteiger partial charge in [0.1, 0.15) is 0 Å². The van der Waals surface area contributed by atoms with Crippen LogP contribution in [0.3, 0.4) is 0 Å². The molecule has 0 aromatic heterocycles. The fraction of sp³-hybridized carbons (Fsp3) is 0.529. The molecule has 5 heteroatoms. The molecule has 0 saturated heterocycles. The highest BCUT2D eigenvalue weighted by Gasteiger charge is 2.28. The molecule has 0 radical (unpaired) electrons. The van der Waals surface area contributed by atoms with Crippen LogP contribution < -0.4 is 10.6 Å². The van der Waals surface area contributed by atoms with E-state index in [1.165, 1.54) is 0 Å². The SMILES string of the molecule is CC[C@@H](C)[C@@](C)(O)CNC(=O)C(=O)Nc1cc(C)cc(C)c1.